The van der Waals surface area contributed by atoms with Gasteiger partial charge in [0.15, 0.2) is 0 Å². The second-order valence-corrected chi connectivity index (χ2v) is 16.5. The van der Waals surface area contributed by atoms with E-state index >= 15 is 0 Å². The molecule has 0 spiro atoms. The van der Waals surface area contributed by atoms with Crippen molar-refractivity contribution in [3.8, 4) is 34.0 Å². The third kappa shape index (κ3) is 6.16. The number of aromatic nitrogens is 4. The molecule has 3 aromatic heterocycles. The van der Waals surface area contributed by atoms with Crippen LogP contribution in [0.5, 0.6) is 0 Å². The maximum absolute atomic E-state index is 5.29. The Bertz CT molecular complexity index is 3630. The van der Waals surface area contributed by atoms with Crippen LogP contribution in [0.4, 0.5) is 17.1 Å². The summed E-state index contributed by atoms with van der Waals surface area (Å²) in [5.74, 6) is 0.657. The second-order valence-electron chi connectivity index (χ2n) is 16.5. The van der Waals surface area contributed by atoms with E-state index < -0.39 is 0 Å². The molecular formula is C58H41N5. The van der Waals surface area contributed by atoms with Gasteiger partial charge in [0, 0.05) is 55.2 Å². The number of rotatable bonds is 7. The van der Waals surface area contributed by atoms with E-state index in [0.29, 0.717) is 5.95 Å². The first-order valence-electron chi connectivity index (χ1n) is 21.5. The van der Waals surface area contributed by atoms with Gasteiger partial charge < -0.3 is 9.47 Å². The van der Waals surface area contributed by atoms with Gasteiger partial charge in [0.1, 0.15) is 0 Å². The number of para-hydroxylation sites is 3. The van der Waals surface area contributed by atoms with Gasteiger partial charge in [-0.15, -0.1) is 0 Å². The monoisotopic (exact) mass is 807 g/mol. The SMILES string of the molecule is Cc1ccc(N(c2ccc(C)cc2)c2ccc3c4cc(-c5ccc6c(c5)c5ccccc5n6-c5nc(-c6ccccc6)c6ccccc6n5)ccc4n(-c4ccccc4)c3c2)cc1. The summed E-state index contributed by atoms with van der Waals surface area (Å²) >= 11 is 0. The van der Waals surface area contributed by atoms with E-state index in [9.17, 15) is 0 Å². The molecule has 0 aliphatic carbocycles. The Labute approximate surface area is 365 Å². The highest BCUT2D eigenvalue weighted by molar-refractivity contribution is 6.13. The summed E-state index contributed by atoms with van der Waals surface area (Å²) in [6.07, 6.45) is 0. The highest BCUT2D eigenvalue weighted by atomic mass is 15.2. The van der Waals surface area contributed by atoms with E-state index in [2.05, 4.69) is 228 Å². The molecule has 298 valence electrons. The summed E-state index contributed by atoms with van der Waals surface area (Å²) in [6.45, 7) is 4.27. The van der Waals surface area contributed by atoms with Crippen LogP contribution in [0.2, 0.25) is 0 Å². The molecule has 0 radical (unpaired) electrons. The van der Waals surface area contributed by atoms with Crippen molar-refractivity contribution in [3.05, 3.63) is 223 Å². The Morgan fingerprint density at radius 3 is 1.54 bits per heavy atom. The Hall–Kier alpha value is -8.28. The molecule has 0 unspecified atom stereocenters. The molecule has 63 heavy (non-hydrogen) atoms. The quantitative estimate of drug-likeness (QED) is 0.161. The smallest absolute Gasteiger partial charge is 0.235 e. The van der Waals surface area contributed by atoms with Gasteiger partial charge >= 0.3 is 0 Å². The lowest BCUT2D eigenvalue weighted by Gasteiger charge is -2.26. The van der Waals surface area contributed by atoms with Gasteiger partial charge in [-0.1, -0.05) is 139 Å². The maximum atomic E-state index is 5.29. The molecule has 0 aliphatic heterocycles. The molecule has 5 nitrogen and oxygen atoms in total. The van der Waals surface area contributed by atoms with Gasteiger partial charge in [-0.25, -0.2) is 9.97 Å². The summed E-state index contributed by atoms with van der Waals surface area (Å²) < 4.78 is 4.63. The first-order chi connectivity index (χ1) is 31.1. The van der Waals surface area contributed by atoms with Crippen LogP contribution in [-0.4, -0.2) is 19.1 Å². The van der Waals surface area contributed by atoms with E-state index in [1.165, 1.54) is 21.9 Å². The summed E-state index contributed by atoms with van der Waals surface area (Å²) in [4.78, 5) is 12.8. The molecule has 12 rings (SSSR count). The Morgan fingerprint density at radius 1 is 0.349 bits per heavy atom. The summed E-state index contributed by atoms with van der Waals surface area (Å²) in [5, 5.41) is 5.76. The molecule has 0 fully saturated rings. The van der Waals surface area contributed by atoms with E-state index in [0.717, 1.165) is 88.9 Å². The average molecular weight is 808 g/mol. The molecule has 0 amide bonds. The third-order valence-corrected chi connectivity index (χ3v) is 12.5. The lowest BCUT2D eigenvalue weighted by Crippen LogP contribution is -2.10. The maximum Gasteiger partial charge on any atom is 0.235 e. The van der Waals surface area contributed by atoms with Gasteiger partial charge in [0.05, 0.1) is 33.3 Å². The number of nitrogens with zero attached hydrogens (tertiary/aromatic N) is 5. The van der Waals surface area contributed by atoms with Crippen molar-refractivity contribution in [1.82, 2.24) is 19.1 Å². The fourth-order valence-electron chi connectivity index (χ4n) is 9.37. The van der Waals surface area contributed by atoms with Gasteiger partial charge in [0.2, 0.25) is 5.95 Å². The first-order valence-corrected chi connectivity index (χ1v) is 21.5. The zero-order valence-corrected chi connectivity index (χ0v) is 34.9. The van der Waals surface area contributed by atoms with Crippen LogP contribution in [0.1, 0.15) is 11.1 Å². The highest BCUT2D eigenvalue weighted by Gasteiger charge is 2.21. The second kappa shape index (κ2) is 14.7. The van der Waals surface area contributed by atoms with Crippen LogP contribution >= 0.6 is 0 Å². The first kappa shape index (κ1) is 36.6. The molecule has 0 aliphatic rings. The van der Waals surface area contributed by atoms with Crippen LogP contribution in [0.3, 0.4) is 0 Å². The molecule has 9 aromatic carbocycles. The molecule has 0 atom stereocenters. The molecular weight excluding hydrogens is 767 g/mol. The van der Waals surface area contributed by atoms with Crippen LogP contribution in [0.15, 0.2) is 212 Å². The molecule has 3 heterocycles. The number of aryl methyl sites for hydroxylation is 2. The van der Waals surface area contributed by atoms with Crippen molar-refractivity contribution in [2.45, 2.75) is 13.8 Å². The zero-order chi connectivity index (χ0) is 42.0. The minimum Gasteiger partial charge on any atom is -0.310 e. The van der Waals surface area contributed by atoms with Gasteiger partial charge in [-0.05, 0) is 110 Å². The minimum atomic E-state index is 0.657. The zero-order valence-electron chi connectivity index (χ0n) is 34.9. The van der Waals surface area contributed by atoms with Crippen molar-refractivity contribution in [1.29, 1.82) is 0 Å². The van der Waals surface area contributed by atoms with Crippen molar-refractivity contribution in [2.75, 3.05) is 4.90 Å². The molecule has 5 heteroatoms. The molecule has 12 aromatic rings. The Kier molecular flexibility index (Phi) is 8.54. The third-order valence-electron chi connectivity index (χ3n) is 12.5. The molecule has 0 N–H and O–H groups in total. The lowest BCUT2D eigenvalue weighted by atomic mass is 10.0. The van der Waals surface area contributed by atoms with E-state index in [4.69, 9.17) is 9.97 Å². The Morgan fingerprint density at radius 2 is 0.873 bits per heavy atom. The summed E-state index contributed by atoms with van der Waals surface area (Å²) in [6, 6.07) is 76.3. The number of hydrogen-bond acceptors (Lipinski definition) is 3. The van der Waals surface area contributed by atoms with Crippen molar-refractivity contribution in [2.24, 2.45) is 0 Å². The van der Waals surface area contributed by atoms with E-state index in [-0.39, 0.29) is 0 Å². The lowest BCUT2D eigenvalue weighted by molar-refractivity contribution is 1.01. The van der Waals surface area contributed by atoms with Crippen molar-refractivity contribution < 1.29 is 0 Å². The van der Waals surface area contributed by atoms with Gasteiger partial charge in [0.25, 0.3) is 0 Å². The van der Waals surface area contributed by atoms with Crippen LogP contribution in [0.25, 0.3) is 88.5 Å². The number of fused-ring (bicyclic) bond motifs is 7. The fraction of sp³-hybridized carbons (Fsp3) is 0.0345. The fourth-order valence-corrected chi connectivity index (χ4v) is 9.37. The predicted molar refractivity (Wildman–Crippen MR) is 263 cm³/mol. The standard InChI is InChI=1S/C58H41N5/c1-38-21-27-44(28-22-38)61(45-29-23-39(2)24-30-45)46-31-32-48-51-36-41(25-33-54(51)62(56(48)37-46)43-15-7-4-8-16-43)42-26-34-55-50(35-42)47-17-10-12-20-53(47)63(55)58-59-52-19-11-9-18-49(52)57(60-58)40-13-5-3-6-14-40/h3-37H,1-2H3. The molecule has 0 bridgehead atoms. The highest BCUT2D eigenvalue weighted by Crippen LogP contribution is 2.42. The summed E-state index contributed by atoms with van der Waals surface area (Å²) in [7, 11) is 0. The number of hydrogen-bond donors (Lipinski definition) is 0. The van der Waals surface area contributed by atoms with E-state index in [1.54, 1.807) is 0 Å². The largest absolute Gasteiger partial charge is 0.310 e. The minimum absolute atomic E-state index is 0.657. The normalized spacial score (nSPS) is 11.7. The van der Waals surface area contributed by atoms with Crippen LogP contribution in [0, 0.1) is 13.8 Å². The van der Waals surface area contributed by atoms with Gasteiger partial charge in [-0.3, -0.25) is 4.57 Å². The van der Waals surface area contributed by atoms with Crippen LogP contribution < -0.4 is 4.90 Å². The topological polar surface area (TPSA) is 38.9 Å². The number of anilines is 3. The molecule has 0 saturated heterocycles. The van der Waals surface area contributed by atoms with Crippen molar-refractivity contribution in [3.63, 3.8) is 0 Å². The van der Waals surface area contributed by atoms with Crippen LogP contribution in [-0.2, 0) is 0 Å². The van der Waals surface area contributed by atoms with Crippen molar-refractivity contribution >= 4 is 71.6 Å². The predicted octanol–water partition coefficient (Wildman–Crippen LogP) is 15.2. The van der Waals surface area contributed by atoms with Gasteiger partial charge in [-0.2, -0.15) is 0 Å². The Balaban J connectivity index is 1.03. The van der Waals surface area contributed by atoms with E-state index in [1.807, 2.05) is 12.1 Å². The summed E-state index contributed by atoms with van der Waals surface area (Å²) in [5.41, 5.74) is 16.6. The number of benzene rings is 9. The molecule has 0 saturated carbocycles. The average Bonchev–Trinajstić information content (AvgIpc) is 3.85.